The van der Waals surface area contributed by atoms with E-state index in [0.717, 1.165) is 18.8 Å². The summed E-state index contributed by atoms with van der Waals surface area (Å²) < 4.78 is 0. The first-order valence-electron chi connectivity index (χ1n) is 4.51. The van der Waals surface area contributed by atoms with E-state index in [-0.39, 0.29) is 5.54 Å². The van der Waals surface area contributed by atoms with Crippen molar-refractivity contribution in [2.45, 2.75) is 45.1 Å². The molecule has 0 heterocycles. The molecule has 0 aromatic heterocycles. The van der Waals surface area contributed by atoms with Crippen LogP contribution in [0, 0.1) is 5.92 Å². The summed E-state index contributed by atoms with van der Waals surface area (Å²) in [6.45, 7) is 8.47. The molecule has 0 radical (unpaired) electrons. The van der Waals surface area contributed by atoms with Gasteiger partial charge in [0.2, 0.25) is 0 Å². The van der Waals surface area contributed by atoms with Crippen LogP contribution in [0.5, 0.6) is 0 Å². The Morgan fingerprint density at radius 3 is 2.82 bits per heavy atom. The van der Waals surface area contributed by atoms with E-state index >= 15 is 0 Å². The molecule has 1 saturated carbocycles. The Balaban J connectivity index is 2.62. The van der Waals surface area contributed by atoms with Crippen LogP contribution in [0.4, 0.5) is 0 Å². The van der Waals surface area contributed by atoms with Crippen LogP contribution in [0.15, 0.2) is 12.2 Å². The number of rotatable bonds is 1. The van der Waals surface area contributed by atoms with Gasteiger partial charge in [0.1, 0.15) is 0 Å². The SMILES string of the molecule is C=C1CC(C)CC(N)(CC)C1. The summed E-state index contributed by atoms with van der Waals surface area (Å²) in [5.74, 6) is 0.737. The molecule has 0 aromatic rings. The minimum absolute atomic E-state index is 0.0642. The Hall–Kier alpha value is -0.300. The largest absolute Gasteiger partial charge is 0.325 e. The lowest BCUT2D eigenvalue weighted by molar-refractivity contribution is 0.275. The Morgan fingerprint density at radius 1 is 1.73 bits per heavy atom. The molecule has 2 unspecified atom stereocenters. The molecule has 0 aromatic carbocycles. The molecule has 0 amide bonds. The van der Waals surface area contributed by atoms with Gasteiger partial charge in [0, 0.05) is 5.54 Å². The fourth-order valence-electron chi connectivity index (χ4n) is 2.17. The summed E-state index contributed by atoms with van der Waals surface area (Å²) in [5.41, 5.74) is 7.58. The van der Waals surface area contributed by atoms with Crippen molar-refractivity contribution in [1.82, 2.24) is 0 Å². The molecule has 1 aliphatic carbocycles. The van der Waals surface area contributed by atoms with Crippen LogP contribution < -0.4 is 5.73 Å². The molecule has 1 rings (SSSR count). The van der Waals surface area contributed by atoms with Crippen LogP contribution >= 0.6 is 0 Å². The maximum atomic E-state index is 6.18. The third-order valence-electron chi connectivity index (χ3n) is 2.70. The van der Waals surface area contributed by atoms with Gasteiger partial charge in [-0.3, -0.25) is 0 Å². The van der Waals surface area contributed by atoms with Crippen LogP contribution in [0.3, 0.4) is 0 Å². The maximum absolute atomic E-state index is 6.18. The second-order valence-corrected chi connectivity index (χ2v) is 4.16. The van der Waals surface area contributed by atoms with Crippen LogP contribution in [0.1, 0.15) is 39.5 Å². The number of nitrogens with two attached hydrogens (primary N) is 1. The van der Waals surface area contributed by atoms with E-state index in [1.165, 1.54) is 18.4 Å². The molecule has 0 saturated heterocycles. The highest BCUT2D eigenvalue weighted by Gasteiger charge is 2.30. The van der Waals surface area contributed by atoms with E-state index in [1.807, 2.05) is 0 Å². The van der Waals surface area contributed by atoms with Crippen molar-refractivity contribution in [3.05, 3.63) is 12.2 Å². The molecule has 0 bridgehead atoms. The molecule has 64 valence electrons. The fraction of sp³-hybridized carbons (Fsp3) is 0.800. The van der Waals surface area contributed by atoms with Crippen molar-refractivity contribution in [2.75, 3.05) is 0 Å². The zero-order chi connectivity index (χ0) is 8.48. The van der Waals surface area contributed by atoms with Crippen molar-refractivity contribution in [3.63, 3.8) is 0 Å². The Labute approximate surface area is 69.7 Å². The minimum atomic E-state index is 0.0642. The fourth-order valence-corrected chi connectivity index (χ4v) is 2.17. The van der Waals surface area contributed by atoms with Crippen LogP contribution in [-0.2, 0) is 0 Å². The lowest BCUT2D eigenvalue weighted by Crippen LogP contribution is -2.43. The molecule has 0 aliphatic heterocycles. The average molecular weight is 153 g/mol. The van der Waals surface area contributed by atoms with Gasteiger partial charge in [0.05, 0.1) is 0 Å². The van der Waals surface area contributed by atoms with Crippen LogP contribution in [0.25, 0.3) is 0 Å². The summed E-state index contributed by atoms with van der Waals surface area (Å²) in [6.07, 6.45) is 4.46. The van der Waals surface area contributed by atoms with Crippen LogP contribution in [-0.4, -0.2) is 5.54 Å². The van der Waals surface area contributed by atoms with E-state index in [2.05, 4.69) is 20.4 Å². The summed E-state index contributed by atoms with van der Waals surface area (Å²) in [4.78, 5) is 0. The molecule has 1 aliphatic rings. The first kappa shape index (κ1) is 8.79. The van der Waals surface area contributed by atoms with Gasteiger partial charge in [-0.1, -0.05) is 26.0 Å². The summed E-state index contributed by atoms with van der Waals surface area (Å²) in [7, 11) is 0. The smallest absolute Gasteiger partial charge is 0.0191 e. The number of hydrogen-bond donors (Lipinski definition) is 1. The van der Waals surface area contributed by atoms with Gasteiger partial charge in [-0.15, -0.1) is 0 Å². The van der Waals surface area contributed by atoms with Gasteiger partial charge in [-0.05, 0) is 31.6 Å². The van der Waals surface area contributed by atoms with Crippen molar-refractivity contribution < 1.29 is 0 Å². The van der Waals surface area contributed by atoms with Gasteiger partial charge in [0.15, 0.2) is 0 Å². The third-order valence-corrected chi connectivity index (χ3v) is 2.70. The maximum Gasteiger partial charge on any atom is 0.0191 e. The quantitative estimate of drug-likeness (QED) is 0.575. The molecule has 11 heavy (non-hydrogen) atoms. The van der Waals surface area contributed by atoms with E-state index in [0.29, 0.717) is 0 Å². The van der Waals surface area contributed by atoms with Crippen molar-refractivity contribution >= 4 is 0 Å². The summed E-state index contributed by atoms with van der Waals surface area (Å²) in [5, 5.41) is 0. The van der Waals surface area contributed by atoms with E-state index in [4.69, 9.17) is 5.73 Å². The Bertz CT molecular complexity index is 162. The van der Waals surface area contributed by atoms with Crippen molar-refractivity contribution in [1.29, 1.82) is 0 Å². The molecular formula is C10H19N. The molecule has 1 nitrogen and oxygen atoms in total. The number of hydrogen-bond acceptors (Lipinski definition) is 1. The van der Waals surface area contributed by atoms with Crippen molar-refractivity contribution in [3.8, 4) is 0 Å². The monoisotopic (exact) mass is 153 g/mol. The van der Waals surface area contributed by atoms with Gasteiger partial charge in [-0.25, -0.2) is 0 Å². The standard InChI is InChI=1S/C10H19N/c1-4-10(11)6-8(2)5-9(3)7-10/h9H,2,4-7,11H2,1,3H3. The first-order valence-corrected chi connectivity index (χ1v) is 4.51. The molecule has 0 spiro atoms. The minimum Gasteiger partial charge on any atom is -0.325 e. The predicted octanol–water partition coefficient (Wildman–Crippen LogP) is 2.47. The van der Waals surface area contributed by atoms with Crippen molar-refractivity contribution in [2.24, 2.45) is 11.7 Å². The second-order valence-electron chi connectivity index (χ2n) is 4.16. The predicted molar refractivity (Wildman–Crippen MR) is 49.4 cm³/mol. The molecule has 1 fully saturated rings. The highest BCUT2D eigenvalue weighted by Crippen LogP contribution is 2.34. The lowest BCUT2D eigenvalue weighted by atomic mass is 9.74. The van der Waals surface area contributed by atoms with Crippen LogP contribution in [0.2, 0.25) is 0 Å². The lowest BCUT2D eigenvalue weighted by Gasteiger charge is -2.37. The zero-order valence-electron chi connectivity index (χ0n) is 7.69. The Morgan fingerprint density at radius 2 is 2.36 bits per heavy atom. The highest BCUT2D eigenvalue weighted by atomic mass is 14.7. The normalized spacial score (nSPS) is 39.2. The molecule has 1 heteroatoms. The van der Waals surface area contributed by atoms with E-state index < -0.39 is 0 Å². The van der Waals surface area contributed by atoms with E-state index in [1.54, 1.807) is 0 Å². The molecular weight excluding hydrogens is 134 g/mol. The third kappa shape index (κ3) is 2.06. The highest BCUT2D eigenvalue weighted by molar-refractivity contribution is 5.08. The topological polar surface area (TPSA) is 26.0 Å². The summed E-state index contributed by atoms with van der Waals surface area (Å²) in [6, 6.07) is 0. The molecule has 2 atom stereocenters. The zero-order valence-corrected chi connectivity index (χ0v) is 7.69. The van der Waals surface area contributed by atoms with Gasteiger partial charge < -0.3 is 5.73 Å². The first-order chi connectivity index (χ1) is 5.06. The average Bonchev–Trinajstić information content (AvgIpc) is 1.84. The van der Waals surface area contributed by atoms with E-state index in [9.17, 15) is 0 Å². The second kappa shape index (κ2) is 2.98. The Kier molecular flexibility index (Phi) is 2.38. The van der Waals surface area contributed by atoms with Gasteiger partial charge in [0.25, 0.3) is 0 Å². The molecule has 2 N–H and O–H groups in total. The van der Waals surface area contributed by atoms with Gasteiger partial charge >= 0.3 is 0 Å². The van der Waals surface area contributed by atoms with Gasteiger partial charge in [-0.2, -0.15) is 0 Å². The summed E-state index contributed by atoms with van der Waals surface area (Å²) >= 11 is 0.